The predicted molar refractivity (Wildman–Crippen MR) is 140 cm³/mol. The molecule has 5 rings (SSSR count). The first-order valence-corrected chi connectivity index (χ1v) is 13.0. The molecule has 0 atom stereocenters. The van der Waals surface area contributed by atoms with E-state index < -0.39 is 6.36 Å². The molecule has 37 heavy (non-hydrogen) atoms. The van der Waals surface area contributed by atoms with Crippen LogP contribution in [0.1, 0.15) is 22.3 Å². The molecule has 2 aliphatic rings. The van der Waals surface area contributed by atoms with Gasteiger partial charge >= 0.3 is 6.36 Å². The van der Waals surface area contributed by atoms with Crippen LogP contribution in [0.4, 0.5) is 30.2 Å². The number of hydrogen-bond acceptors (Lipinski definition) is 6. The number of anilines is 3. The summed E-state index contributed by atoms with van der Waals surface area (Å²) in [6, 6.07) is 19.7. The number of amides is 1. The molecule has 194 valence electrons. The molecule has 0 aliphatic carbocycles. The molecular weight excluding hydrogens is 501 g/mol. The third-order valence-corrected chi connectivity index (χ3v) is 7.34. The van der Waals surface area contributed by atoms with Crippen LogP contribution in [0.15, 0.2) is 71.6 Å². The van der Waals surface area contributed by atoms with Gasteiger partial charge in [0.05, 0.1) is 16.3 Å². The lowest BCUT2D eigenvalue weighted by atomic mass is 10.0. The Morgan fingerprint density at radius 1 is 0.946 bits per heavy atom. The van der Waals surface area contributed by atoms with Gasteiger partial charge in [-0.2, -0.15) is 0 Å². The van der Waals surface area contributed by atoms with E-state index in [1.165, 1.54) is 35.3 Å². The van der Waals surface area contributed by atoms with E-state index in [1.807, 2.05) is 17.0 Å². The quantitative estimate of drug-likeness (QED) is 0.382. The van der Waals surface area contributed by atoms with Crippen molar-refractivity contribution in [2.45, 2.75) is 24.1 Å². The maximum absolute atomic E-state index is 13.0. The number of ether oxygens (including phenoxy) is 1. The van der Waals surface area contributed by atoms with Gasteiger partial charge < -0.3 is 24.6 Å². The van der Waals surface area contributed by atoms with Crippen LogP contribution in [0.3, 0.4) is 0 Å². The third-order valence-electron chi connectivity index (χ3n) is 6.45. The molecular formula is C27H27F3N4O2S. The average molecular weight is 529 g/mol. The minimum Gasteiger partial charge on any atom is -0.404 e. The first-order chi connectivity index (χ1) is 17.9. The van der Waals surface area contributed by atoms with Crippen LogP contribution >= 0.6 is 11.9 Å². The Balaban J connectivity index is 1.17. The Morgan fingerprint density at radius 3 is 2.46 bits per heavy atom. The van der Waals surface area contributed by atoms with Crippen molar-refractivity contribution in [1.82, 2.24) is 4.90 Å². The molecule has 0 aromatic heterocycles. The topological polar surface area (TPSA) is 56.8 Å². The number of nitrogens with zero attached hydrogens (tertiary/aromatic N) is 2. The summed E-state index contributed by atoms with van der Waals surface area (Å²) in [5.41, 5.74) is 4.35. The van der Waals surface area contributed by atoms with Crippen LogP contribution in [0, 0.1) is 0 Å². The van der Waals surface area contributed by atoms with E-state index in [4.69, 9.17) is 0 Å². The lowest BCUT2D eigenvalue weighted by molar-refractivity contribution is -0.274. The summed E-state index contributed by atoms with van der Waals surface area (Å²) < 4.78 is 45.9. The predicted octanol–water partition coefficient (Wildman–Crippen LogP) is 6.02. The van der Waals surface area contributed by atoms with Crippen molar-refractivity contribution in [1.29, 1.82) is 0 Å². The number of carbonyl (C=O) groups excluding carboxylic acids is 1. The Bertz CT molecular complexity index is 1250. The van der Waals surface area contributed by atoms with Gasteiger partial charge in [-0.15, -0.1) is 13.2 Å². The summed E-state index contributed by atoms with van der Waals surface area (Å²) in [5.74, 6) is -0.331. The number of aryl methyl sites for hydroxylation is 1. The zero-order valence-corrected chi connectivity index (χ0v) is 20.9. The average Bonchev–Trinajstić information content (AvgIpc) is 2.91. The summed E-state index contributed by atoms with van der Waals surface area (Å²) in [6.07, 6.45) is -2.54. The van der Waals surface area contributed by atoms with Gasteiger partial charge in [-0.3, -0.25) is 4.79 Å². The second kappa shape index (κ2) is 10.8. The van der Waals surface area contributed by atoms with Crippen molar-refractivity contribution < 1.29 is 22.7 Å². The van der Waals surface area contributed by atoms with E-state index in [0.717, 1.165) is 30.0 Å². The fourth-order valence-corrected chi connectivity index (χ4v) is 5.44. The minimum absolute atomic E-state index is 0.0972. The van der Waals surface area contributed by atoms with E-state index in [0.29, 0.717) is 37.4 Å². The number of halogens is 3. The molecule has 0 spiro atoms. The molecule has 2 heterocycles. The summed E-state index contributed by atoms with van der Waals surface area (Å²) in [6.45, 7) is 2.61. The summed E-state index contributed by atoms with van der Waals surface area (Å²) >= 11 is 1.54. The van der Waals surface area contributed by atoms with Crippen molar-refractivity contribution in [2.24, 2.45) is 0 Å². The number of piperazine rings is 1. The van der Waals surface area contributed by atoms with Gasteiger partial charge in [0.15, 0.2) is 5.75 Å². The second-order valence-corrected chi connectivity index (χ2v) is 9.74. The van der Waals surface area contributed by atoms with Gasteiger partial charge in [-0.25, -0.2) is 0 Å². The van der Waals surface area contributed by atoms with Crippen LogP contribution in [-0.4, -0.2) is 49.9 Å². The van der Waals surface area contributed by atoms with Gasteiger partial charge in [0.2, 0.25) is 0 Å². The summed E-state index contributed by atoms with van der Waals surface area (Å²) in [5, 5.41) is 3.48. The number of nitrogens with one attached hydrogen (secondary N) is 2. The first-order valence-electron chi connectivity index (χ1n) is 12.1. The summed E-state index contributed by atoms with van der Waals surface area (Å²) in [4.78, 5) is 17.7. The van der Waals surface area contributed by atoms with Gasteiger partial charge in [-0.1, -0.05) is 24.3 Å². The molecule has 2 aliphatic heterocycles. The highest BCUT2D eigenvalue weighted by Crippen LogP contribution is 2.35. The second-order valence-electron chi connectivity index (χ2n) is 8.90. The number of fused-ring (bicyclic) bond motifs is 1. The molecule has 0 bridgehead atoms. The van der Waals surface area contributed by atoms with Crippen LogP contribution in [0.5, 0.6) is 5.75 Å². The molecule has 1 amide bonds. The van der Waals surface area contributed by atoms with Gasteiger partial charge in [-0.05, 0) is 72.8 Å². The third kappa shape index (κ3) is 6.07. The van der Waals surface area contributed by atoms with E-state index >= 15 is 0 Å². The van der Waals surface area contributed by atoms with Crippen molar-refractivity contribution in [3.05, 3.63) is 77.9 Å². The van der Waals surface area contributed by atoms with Crippen molar-refractivity contribution in [3.63, 3.8) is 0 Å². The highest BCUT2D eigenvalue weighted by atomic mass is 32.2. The number of alkyl halides is 3. The highest BCUT2D eigenvalue weighted by molar-refractivity contribution is 8.00. The summed E-state index contributed by atoms with van der Waals surface area (Å²) in [7, 11) is 0. The molecule has 0 saturated carbocycles. The van der Waals surface area contributed by atoms with Crippen LogP contribution < -0.4 is 19.7 Å². The molecule has 6 nitrogen and oxygen atoms in total. The molecule has 1 fully saturated rings. The molecule has 2 N–H and O–H groups in total. The molecule has 1 saturated heterocycles. The number of hydrogen-bond donors (Lipinski definition) is 2. The monoisotopic (exact) mass is 528 g/mol. The molecule has 3 aromatic carbocycles. The van der Waals surface area contributed by atoms with Crippen molar-refractivity contribution in [2.75, 3.05) is 47.7 Å². The normalized spacial score (nSPS) is 15.5. The van der Waals surface area contributed by atoms with Gasteiger partial charge in [0, 0.05) is 44.0 Å². The van der Waals surface area contributed by atoms with E-state index in [2.05, 4.69) is 33.0 Å². The van der Waals surface area contributed by atoms with Gasteiger partial charge in [0.1, 0.15) is 0 Å². The van der Waals surface area contributed by atoms with Crippen LogP contribution in [0.25, 0.3) is 0 Å². The van der Waals surface area contributed by atoms with E-state index in [1.54, 1.807) is 29.2 Å². The Kier molecular flexibility index (Phi) is 7.36. The Labute approximate surface area is 217 Å². The fraction of sp³-hybridized carbons (Fsp3) is 0.296. The lowest BCUT2D eigenvalue weighted by Crippen LogP contribution is -2.49. The van der Waals surface area contributed by atoms with Crippen LogP contribution in [0.2, 0.25) is 0 Å². The molecule has 10 heteroatoms. The number of rotatable bonds is 6. The zero-order chi connectivity index (χ0) is 25.8. The Morgan fingerprint density at radius 2 is 1.70 bits per heavy atom. The minimum atomic E-state index is -4.76. The first kappa shape index (κ1) is 25.1. The SMILES string of the molecule is O=C(c1ccc(NSc2cccc3c2NCCC3)cc1)N1CCN(c2ccccc2OC(F)(F)F)CC1. The Hall–Kier alpha value is -3.53. The standard InChI is InChI=1S/C27H27F3N4O2S/c28-27(29,30)36-23-8-2-1-7-22(23)33-15-17-34(18-16-33)26(35)20-10-12-21(13-11-20)32-37-24-9-3-5-19-6-4-14-31-25(19)24/h1-3,5,7-13,31-32H,4,6,14-18H2. The van der Waals surface area contributed by atoms with Crippen molar-refractivity contribution >= 4 is 34.9 Å². The largest absolute Gasteiger partial charge is 0.573 e. The number of carbonyl (C=O) groups is 1. The van der Waals surface area contributed by atoms with E-state index in [-0.39, 0.29) is 11.7 Å². The van der Waals surface area contributed by atoms with Gasteiger partial charge in [0.25, 0.3) is 5.91 Å². The lowest BCUT2D eigenvalue weighted by Gasteiger charge is -2.36. The molecule has 0 radical (unpaired) electrons. The van der Waals surface area contributed by atoms with Crippen LogP contribution in [-0.2, 0) is 6.42 Å². The fourth-order valence-electron chi connectivity index (χ4n) is 4.62. The molecule has 0 unspecified atom stereocenters. The maximum atomic E-state index is 13.0. The molecule has 3 aromatic rings. The maximum Gasteiger partial charge on any atom is 0.573 e. The smallest absolute Gasteiger partial charge is 0.404 e. The zero-order valence-electron chi connectivity index (χ0n) is 20.1. The van der Waals surface area contributed by atoms with E-state index in [9.17, 15) is 18.0 Å². The highest BCUT2D eigenvalue weighted by Gasteiger charge is 2.33. The van der Waals surface area contributed by atoms with Crippen molar-refractivity contribution in [3.8, 4) is 5.75 Å². The number of benzene rings is 3. The number of para-hydroxylation sites is 3.